The molecule has 1 fully saturated rings. The van der Waals surface area contributed by atoms with Gasteiger partial charge in [-0.2, -0.15) is 0 Å². The van der Waals surface area contributed by atoms with Crippen molar-refractivity contribution in [3.63, 3.8) is 0 Å². The molecule has 0 aromatic heterocycles. The van der Waals surface area contributed by atoms with Crippen molar-refractivity contribution in [1.29, 1.82) is 0 Å². The number of rotatable bonds is 53. The first-order chi connectivity index (χ1) is 57.6. The van der Waals surface area contributed by atoms with Crippen LogP contribution in [0.3, 0.4) is 0 Å². The van der Waals surface area contributed by atoms with Crippen molar-refractivity contribution in [2.24, 2.45) is 59.0 Å². The van der Waals surface area contributed by atoms with Crippen molar-refractivity contribution >= 4 is 70.5 Å². The molecule has 1 aliphatic rings. The molecule has 121 heavy (non-hydrogen) atoms. The van der Waals surface area contributed by atoms with Crippen molar-refractivity contribution in [1.82, 2.24) is 30.2 Å². The third kappa shape index (κ3) is 31.1. The number of likely N-dealkylation sites (tertiary alicyclic amines) is 1. The number of nitrogens with zero attached hydrogens (tertiary/aromatic N) is 4. The number of aliphatic hydroxyl groups is 1. The van der Waals surface area contributed by atoms with Crippen molar-refractivity contribution in [3.05, 3.63) is 172 Å². The molecule has 12 atom stereocenters. The van der Waals surface area contributed by atoms with E-state index in [2.05, 4.69) is 64.5 Å². The van der Waals surface area contributed by atoms with Crippen molar-refractivity contribution < 1.29 is 81.5 Å². The molecule has 0 aliphatic carbocycles. The van der Waals surface area contributed by atoms with Crippen molar-refractivity contribution in [2.75, 3.05) is 86.7 Å². The molecule has 1 heterocycles. The number of amides is 8. The number of benzene rings is 5. The summed E-state index contributed by atoms with van der Waals surface area (Å²) in [4.78, 5) is 161. The number of Topliss-reactive ketones (excluding diaryl/α,β-unsaturated/α-hetero) is 4. The minimum atomic E-state index is -1.03. The minimum Gasteiger partial charge on any atom is -0.445 e. The van der Waals surface area contributed by atoms with Crippen LogP contribution in [0.15, 0.2) is 127 Å². The second-order valence-corrected chi connectivity index (χ2v) is 34.1. The fourth-order valence-electron chi connectivity index (χ4n) is 16.3. The molecule has 0 radical (unpaired) electrons. The van der Waals surface area contributed by atoms with Crippen LogP contribution in [0.4, 0.5) is 15.3 Å². The number of carbonyl (C=O) groups excluding carboxylic acids is 11. The lowest BCUT2D eigenvalue weighted by Gasteiger charge is -2.41. The Hall–Kier alpha value is -9.53. The highest BCUT2D eigenvalue weighted by Gasteiger charge is 2.44. The summed E-state index contributed by atoms with van der Waals surface area (Å²) in [5.74, 6) is -7.01. The number of anilines is 1. The summed E-state index contributed by atoms with van der Waals surface area (Å²) >= 11 is 0. The normalized spacial score (nSPS) is 15.6. The molecule has 1 aliphatic heterocycles. The van der Waals surface area contributed by atoms with E-state index in [9.17, 15) is 53.1 Å². The maximum Gasteiger partial charge on any atom is 0.410 e. The van der Waals surface area contributed by atoms with E-state index in [1.54, 1.807) is 93.4 Å². The van der Waals surface area contributed by atoms with E-state index in [1.165, 1.54) is 24.0 Å². The Morgan fingerprint density at radius 1 is 0.612 bits per heavy atom. The highest BCUT2D eigenvalue weighted by molar-refractivity contribution is 6.01. The van der Waals surface area contributed by atoms with Gasteiger partial charge in [-0.3, -0.25) is 43.2 Å². The van der Waals surface area contributed by atoms with Crippen LogP contribution in [-0.4, -0.2) is 207 Å². The lowest BCUT2D eigenvalue weighted by molar-refractivity contribution is -0.149. The van der Waals surface area contributed by atoms with Crippen LogP contribution in [0.5, 0.6) is 0 Å². The van der Waals surface area contributed by atoms with Crippen molar-refractivity contribution in [3.8, 4) is 0 Å². The predicted molar refractivity (Wildman–Crippen MR) is 469 cm³/mol. The van der Waals surface area contributed by atoms with Crippen LogP contribution in [0.25, 0.3) is 0 Å². The third-order valence-electron chi connectivity index (χ3n) is 24.0. The summed E-state index contributed by atoms with van der Waals surface area (Å²) in [6.45, 7) is 23.8. The Balaban J connectivity index is 1.06. The molecule has 0 unspecified atom stereocenters. The lowest BCUT2D eigenvalue weighted by Crippen LogP contribution is -2.54. The van der Waals surface area contributed by atoms with Crippen LogP contribution in [0.2, 0.25) is 0 Å². The Morgan fingerprint density at radius 2 is 1.21 bits per heavy atom. The number of hydrogen-bond acceptors (Lipinski definition) is 17. The molecule has 25 heteroatoms. The Bertz CT molecular complexity index is 4050. The van der Waals surface area contributed by atoms with Crippen LogP contribution in [0.1, 0.15) is 206 Å². The smallest absolute Gasteiger partial charge is 0.410 e. The van der Waals surface area contributed by atoms with E-state index in [4.69, 9.17) is 29.4 Å². The summed E-state index contributed by atoms with van der Waals surface area (Å²) in [5.41, 5.74) is 12.4. The first-order valence-electron chi connectivity index (χ1n) is 43.3. The van der Waals surface area contributed by atoms with Gasteiger partial charge in [-0.25, -0.2) is 9.59 Å². The maximum atomic E-state index is 15.0. The van der Waals surface area contributed by atoms with Crippen LogP contribution in [0, 0.1) is 67.1 Å². The first kappa shape index (κ1) is 100. The molecule has 6 N–H and O–H groups in total. The predicted octanol–water partition coefficient (Wildman–Crippen LogP) is 13.7. The number of methoxy groups -OCH3 is 3. The van der Waals surface area contributed by atoms with Gasteiger partial charge < -0.3 is 70.1 Å². The zero-order valence-electron chi connectivity index (χ0n) is 74.8. The van der Waals surface area contributed by atoms with Crippen LogP contribution in [-0.2, 0) is 76.7 Å². The second kappa shape index (κ2) is 50.8. The number of nitrogens with one attached hydrogen (secondary N) is 3. The molecule has 5 aromatic rings. The number of ketones is 4. The largest absolute Gasteiger partial charge is 0.445 e. The SMILES string of the molecule is CC[C@H](C)[C@@H]([C@@H](CC(=O)N1CCC[C@H]1[C@H](OC)[C@@H](C)C(=O)C[C@H](C)[C@@H](O)c1ccccc1)OC)N(C)C(=O)[C@@H](CC(=O)[C@H](C(C)C)N(C)C(=O)OCc1ccc(NC(=O)[C@H](CCCNC(N)=O)CC(=O)[C@@H](NC(=O)CCN(CCOCCOC)C(=O)c2ccc(C(=O)C(CCc3ccc(C)cc3)CCc3ccc(C)cc3)cc2)C(C)C)cc1)C(C)C. The second-order valence-electron chi connectivity index (χ2n) is 34.1. The van der Waals surface area contributed by atoms with E-state index in [0.717, 1.165) is 40.7 Å². The van der Waals surface area contributed by atoms with E-state index in [-0.39, 0.29) is 143 Å². The number of aliphatic hydroxyl groups excluding tert-OH is 1. The summed E-state index contributed by atoms with van der Waals surface area (Å²) in [6.07, 6.45) is 1.57. The van der Waals surface area contributed by atoms with Gasteiger partial charge in [0, 0.05) is 128 Å². The highest BCUT2D eigenvalue weighted by Crippen LogP contribution is 2.35. The molecular weight excluding hydrogens is 1540 g/mol. The van der Waals surface area contributed by atoms with Gasteiger partial charge in [0.05, 0.1) is 68.7 Å². The molecule has 5 aromatic carbocycles. The topological polar surface area (TPSA) is 329 Å². The monoisotopic (exact) mass is 1680 g/mol. The van der Waals surface area contributed by atoms with Gasteiger partial charge in [-0.05, 0) is 141 Å². The van der Waals surface area contributed by atoms with Gasteiger partial charge in [0.25, 0.3) is 5.91 Å². The minimum absolute atomic E-state index is 0.00349. The lowest BCUT2D eigenvalue weighted by atomic mass is 9.83. The fraction of sp³-hybridized carbons (Fsp3) is 0.573. The first-order valence-corrected chi connectivity index (χ1v) is 43.3. The number of ether oxygens (including phenoxy) is 5. The number of likely N-dealkylation sites (N-methyl/N-ethyl adjacent to an activating group) is 2. The van der Waals surface area contributed by atoms with E-state index < -0.39 is 102 Å². The molecule has 0 spiro atoms. The molecule has 6 rings (SSSR count). The molecular formula is C96H138N8O17. The number of aryl methyl sites for hydroxylation is 4. The number of primary amides is 1. The Kier molecular flexibility index (Phi) is 42.1. The van der Waals surface area contributed by atoms with Crippen LogP contribution < -0.4 is 21.7 Å². The molecule has 1 saturated heterocycles. The number of carbonyl (C=O) groups is 11. The van der Waals surface area contributed by atoms with Gasteiger partial charge in [0.2, 0.25) is 23.6 Å². The Morgan fingerprint density at radius 3 is 1.77 bits per heavy atom. The van der Waals surface area contributed by atoms with Gasteiger partial charge in [-0.15, -0.1) is 0 Å². The summed E-state index contributed by atoms with van der Waals surface area (Å²) in [7, 11) is 7.79. The standard InChI is InChI=1S/C96H138N8O17/c1-18-66(10)88(83(118-16)59-85(109)104-50-23-27-79(104)91(119-17)68(12)80(105)56-67(11)89(110)72-24-20-19-21-25-72)101(13)94(114)78(61(2)3)58-82(107)87(63(6)7)102(14)96(116)121-60-71-38-46-77(47-39-71)99-92(112)76(26-22-49-98-95(97)115)57-81(106)86(62(4)5)100-84(108)48-51-103(52-53-120-55-54-117-15)93(113)75-44-42-74(43-45-75)90(111)73(40-36-69-32-28-64(8)29-33-69)41-37-70-34-30-65(9)31-35-70/h19-21,24-25,28-35,38-39,42-47,61-63,66-68,73,76,78-79,83,86-89,91,110H,18,22-23,26-27,36-37,40-41,48-60H2,1-17H3,(H,99,112)(H,100,108)(H3,97,98,115)/t66-,67-,68-,76+,78-,79-,83+,86-,87-,88-,89+,91+/m0/s1. The highest BCUT2D eigenvalue weighted by atomic mass is 16.6. The molecule has 8 amide bonds. The van der Waals surface area contributed by atoms with Crippen LogP contribution >= 0.6 is 0 Å². The average molecular weight is 1680 g/mol. The summed E-state index contributed by atoms with van der Waals surface area (Å²) < 4.78 is 28.9. The average Bonchev–Trinajstić information content (AvgIpc) is 1.79. The summed E-state index contributed by atoms with van der Waals surface area (Å²) in [5, 5.41) is 19.4. The Labute approximate surface area is 718 Å². The van der Waals surface area contributed by atoms with E-state index in [1.807, 2.05) is 99.6 Å². The molecule has 25 nitrogen and oxygen atoms in total. The zero-order chi connectivity index (χ0) is 89.2. The van der Waals surface area contributed by atoms with Gasteiger partial charge in [0.1, 0.15) is 12.4 Å². The zero-order valence-corrected chi connectivity index (χ0v) is 74.8. The van der Waals surface area contributed by atoms with E-state index in [0.29, 0.717) is 67.6 Å². The van der Waals surface area contributed by atoms with Gasteiger partial charge in [-0.1, -0.05) is 190 Å². The maximum absolute atomic E-state index is 15.0. The van der Waals surface area contributed by atoms with Crippen molar-refractivity contribution in [2.45, 2.75) is 222 Å². The van der Waals surface area contributed by atoms with Gasteiger partial charge >= 0.3 is 12.1 Å². The third-order valence-corrected chi connectivity index (χ3v) is 24.0. The number of urea groups is 1. The quantitative estimate of drug-likeness (QED) is 0.0178. The number of nitrogens with two attached hydrogens (primary N) is 1. The fourth-order valence-corrected chi connectivity index (χ4v) is 16.3. The number of hydrogen-bond donors (Lipinski definition) is 5. The molecule has 0 saturated carbocycles. The molecule has 664 valence electrons. The van der Waals surface area contributed by atoms with Gasteiger partial charge in [0.15, 0.2) is 17.3 Å². The molecule has 0 bridgehead atoms. The van der Waals surface area contributed by atoms with E-state index >= 15 is 4.79 Å². The summed E-state index contributed by atoms with van der Waals surface area (Å²) in [6, 6.07) is 35.3.